The van der Waals surface area contributed by atoms with E-state index in [-0.39, 0.29) is 11.6 Å². The number of rotatable bonds is 4. The Bertz CT molecular complexity index is 638. The van der Waals surface area contributed by atoms with E-state index in [1.165, 1.54) is 6.21 Å². The molecule has 7 heteroatoms. The number of carbonyl (C=O) groups is 2. The summed E-state index contributed by atoms with van der Waals surface area (Å²) >= 11 is 3.33. The predicted octanol–water partition coefficient (Wildman–Crippen LogP) is 1.65. The Kier molecular flexibility index (Phi) is 4.99. The number of benzene rings is 1. The number of nitrogens with one attached hydrogen (secondary N) is 2. The standard InChI is InChI=1S/C14H13BrN4O2/c1-9-12(17-19-13(9)20)14(21)18-16-8-11(15)7-10-5-3-2-4-6-10/h2-9H,1H3,(H,18,21)(H,19,20)/b11-7-,16-8+/t9-/m0/s1. The molecule has 0 spiro atoms. The molecule has 1 aliphatic rings. The quantitative estimate of drug-likeness (QED) is 0.640. The number of hydrogen-bond acceptors (Lipinski definition) is 4. The summed E-state index contributed by atoms with van der Waals surface area (Å²) in [5.74, 6) is -1.37. The molecule has 2 N–H and O–H groups in total. The van der Waals surface area contributed by atoms with Crippen LogP contribution in [0.15, 0.2) is 45.0 Å². The lowest BCUT2D eigenvalue weighted by atomic mass is 10.1. The molecule has 0 saturated heterocycles. The van der Waals surface area contributed by atoms with Crippen molar-refractivity contribution in [1.82, 2.24) is 10.9 Å². The molecule has 0 unspecified atom stereocenters. The number of carbonyl (C=O) groups excluding carboxylic acids is 2. The number of nitrogens with zero attached hydrogens (tertiary/aromatic N) is 2. The lowest BCUT2D eigenvalue weighted by Crippen LogP contribution is -2.32. The monoisotopic (exact) mass is 348 g/mol. The number of hydrogen-bond donors (Lipinski definition) is 2. The van der Waals surface area contributed by atoms with E-state index < -0.39 is 11.8 Å². The van der Waals surface area contributed by atoms with Crippen molar-refractivity contribution in [2.45, 2.75) is 6.92 Å². The molecule has 0 aromatic heterocycles. The minimum atomic E-state index is -0.566. The van der Waals surface area contributed by atoms with Crippen molar-refractivity contribution in [2.24, 2.45) is 16.1 Å². The molecular weight excluding hydrogens is 336 g/mol. The zero-order chi connectivity index (χ0) is 15.2. The van der Waals surface area contributed by atoms with Gasteiger partial charge in [-0.1, -0.05) is 30.3 Å². The summed E-state index contributed by atoms with van der Waals surface area (Å²) in [6.07, 6.45) is 3.32. The average Bonchev–Trinajstić information content (AvgIpc) is 2.80. The molecule has 6 nitrogen and oxygen atoms in total. The number of hydrazone groups is 2. The molecule has 2 rings (SSSR count). The summed E-state index contributed by atoms with van der Waals surface area (Å²) in [7, 11) is 0. The number of halogens is 1. The van der Waals surface area contributed by atoms with Crippen LogP contribution in [0.1, 0.15) is 12.5 Å². The van der Waals surface area contributed by atoms with Gasteiger partial charge in [0.05, 0.1) is 12.1 Å². The van der Waals surface area contributed by atoms with Gasteiger partial charge in [-0.15, -0.1) is 0 Å². The molecule has 0 fully saturated rings. The van der Waals surface area contributed by atoms with Crippen molar-refractivity contribution >= 4 is 45.7 Å². The fourth-order valence-electron chi connectivity index (χ4n) is 1.64. The first-order valence-electron chi connectivity index (χ1n) is 6.21. The molecule has 21 heavy (non-hydrogen) atoms. The highest BCUT2D eigenvalue weighted by molar-refractivity contribution is 9.12. The van der Waals surface area contributed by atoms with Crippen LogP contribution in [0.25, 0.3) is 6.08 Å². The second kappa shape index (κ2) is 6.94. The fourth-order valence-corrected chi connectivity index (χ4v) is 2.00. The third kappa shape index (κ3) is 4.09. The second-order valence-corrected chi connectivity index (χ2v) is 5.25. The van der Waals surface area contributed by atoms with E-state index in [9.17, 15) is 9.59 Å². The Morgan fingerprint density at radius 3 is 2.76 bits per heavy atom. The largest absolute Gasteiger partial charge is 0.288 e. The first-order valence-corrected chi connectivity index (χ1v) is 7.00. The summed E-state index contributed by atoms with van der Waals surface area (Å²) in [5, 5.41) is 7.48. The third-order valence-corrected chi connectivity index (χ3v) is 3.21. The van der Waals surface area contributed by atoms with Crippen LogP contribution in [0, 0.1) is 5.92 Å². The SMILES string of the molecule is C[C@@H]1C(=O)NN=C1C(=O)N/N=C/C(Br)=C/c1ccccc1. The Morgan fingerprint density at radius 1 is 1.43 bits per heavy atom. The lowest BCUT2D eigenvalue weighted by Gasteiger charge is -2.01. The van der Waals surface area contributed by atoms with Crippen molar-refractivity contribution in [3.05, 3.63) is 40.4 Å². The minimum Gasteiger partial charge on any atom is -0.272 e. The van der Waals surface area contributed by atoms with Gasteiger partial charge in [-0.05, 0) is 34.5 Å². The average molecular weight is 349 g/mol. The normalized spacial score (nSPS) is 18.6. The summed E-state index contributed by atoms with van der Waals surface area (Å²) < 4.78 is 0.699. The summed E-state index contributed by atoms with van der Waals surface area (Å²) in [4.78, 5) is 23.0. The highest BCUT2D eigenvalue weighted by atomic mass is 79.9. The smallest absolute Gasteiger partial charge is 0.272 e. The van der Waals surface area contributed by atoms with Crippen molar-refractivity contribution in [1.29, 1.82) is 0 Å². The lowest BCUT2D eigenvalue weighted by molar-refractivity contribution is -0.122. The van der Waals surface area contributed by atoms with Crippen molar-refractivity contribution in [3.8, 4) is 0 Å². The summed E-state index contributed by atoms with van der Waals surface area (Å²) in [6.45, 7) is 1.61. The van der Waals surface area contributed by atoms with E-state index in [2.05, 4.69) is 37.0 Å². The van der Waals surface area contributed by atoms with Gasteiger partial charge in [0.25, 0.3) is 5.91 Å². The molecule has 108 valence electrons. The molecular formula is C14H13BrN4O2. The van der Waals surface area contributed by atoms with E-state index in [0.29, 0.717) is 4.48 Å². The number of allylic oxidation sites excluding steroid dienone is 1. The fraction of sp³-hybridized carbons (Fsp3) is 0.143. The Morgan fingerprint density at radius 2 is 2.14 bits per heavy atom. The molecule has 1 heterocycles. The van der Waals surface area contributed by atoms with Gasteiger partial charge in [0.15, 0.2) is 0 Å². The van der Waals surface area contributed by atoms with Crippen LogP contribution >= 0.6 is 15.9 Å². The van der Waals surface area contributed by atoms with Crippen molar-refractivity contribution in [2.75, 3.05) is 0 Å². The van der Waals surface area contributed by atoms with Crippen LogP contribution < -0.4 is 10.9 Å². The maximum Gasteiger partial charge on any atom is 0.288 e. The molecule has 1 aliphatic heterocycles. The molecule has 0 aliphatic carbocycles. The van der Waals surface area contributed by atoms with E-state index in [1.54, 1.807) is 6.92 Å². The Hall–Kier alpha value is -2.28. The Labute approximate surface area is 130 Å². The van der Waals surface area contributed by atoms with Crippen LogP contribution in [0.4, 0.5) is 0 Å². The van der Waals surface area contributed by atoms with Crippen molar-refractivity contribution < 1.29 is 9.59 Å². The van der Waals surface area contributed by atoms with Gasteiger partial charge in [0.1, 0.15) is 5.71 Å². The zero-order valence-corrected chi connectivity index (χ0v) is 12.8. The van der Waals surface area contributed by atoms with Crippen LogP contribution in [-0.2, 0) is 9.59 Å². The molecule has 0 radical (unpaired) electrons. The van der Waals surface area contributed by atoms with Gasteiger partial charge >= 0.3 is 0 Å². The van der Waals surface area contributed by atoms with Crippen LogP contribution in [0.3, 0.4) is 0 Å². The Balaban J connectivity index is 1.92. The zero-order valence-electron chi connectivity index (χ0n) is 11.2. The van der Waals surface area contributed by atoms with Crippen LogP contribution in [0.5, 0.6) is 0 Å². The van der Waals surface area contributed by atoms with E-state index >= 15 is 0 Å². The highest BCUT2D eigenvalue weighted by Gasteiger charge is 2.30. The van der Waals surface area contributed by atoms with Gasteiger partial charge in [0, 0.05) is 4.48 Å². The molecule has 0 bridgehead atoms. The summed E-state index contributed by atoms with van der Waals surface area (Å²) in [5.41, 5.74) is 5.71. The molecule has 1 aromatic rings. The molecule has 0 saturated carbocycles. The minimum absolute atomic E-state index is 0.125. The topological polar surface area (TPSA) is 82.9 Å². The van der Waals surface area contributed by atoms with E-state index in [4.69, 9.17) is 0 Å². The molecule has 1 atom stereocenters. The highest BCUT2D eigenvalue weighted by Crippen LogP contribution is 2.10. The van der Waals surface area contributed by atoms with Gasteiger partial charge in [-0.3, -0.25) is 9.59 Å². The predicted molar refractivity (Wildman–Crippen MR) is 84.7 cm³/mol. The molecule has 1 aromatic carbocycles. The van der Waals surface area contributed by atoms with Gasteiger partial charge < -0.3 is 0 Å². The van der Waals surface area contributed by atoms with Gasteiger partial charge in [0.2, 0.25) is 5.91 Å². The maximum absolute atomic E-state index is 11.8. The van der Waals surface area contributed by atoms with Crippen LogP contribution in [0.2, 0.25) is 0 Å². The first-order chi connectivity index (χ1) is 10.1. The maximum atomic E-state index is 11.8. The number of amides is 2. The second-order valence-electron chi connectivity index (χ2n) is 4.33. The third-order valence-electron chi connectivity index (χ3n) is 2.78. The summed E-state index contributed by atoms with van der Waals surface area (Å²) in [6, 6.07) is 9.67. The molecule has 2 amide bonds. The van der Waals surface area contributed by atoms with Gasteiger partial charge in [-0.2, -0.15) is 10.2 Å². The van der Waals surface area contributed by atoms with E-state index in [1.807, 2.05) is 36.4 Å². The van der Waals surface area contributed by atoms with Crippen LogP contribution in [-0.4, -0.2) is 23.7 Å². The van der Waals surface area contributed by atoms with E-state index in [0.717, 1.165) is 5.56 Å². The van der Waals surface area contributed by atoms with Gasteiger partial charge in [-0.25, -0.2) is 10.9 Å². The van der Waals surface area contributed by atoms with Crippen molar-refractivity contribution in [3.63, 3.8) is 0 Å². The first kappa shape index (κ1) is 15.1.